The van der Waals surface area contributed by atoms with E-state index in [1.165, 1.54) is 16.7 Å². The average molecular weight is 618 g/mol. The molecular weight excluding hydrogens is 574 g/mol. The number of aryl methyl sites for hydroxylation is 3. The summed E-state index contributed by atoms with van der Waals surface area (Å²) in [6, 6.07) is 9.38. The van der Waals surface area contributed by atoms with Crippen LogP contribution in [0.15, 0.2) is 48.9 Å². The lowest BCUT2D eigenvalue weighted by Crippen LogP contribution is -2.65. The zero-order valence-corrected chi connectivity index (χ0v) is 27.1. The minimum absolute atomic E-state index is 0.0250. The number of hydrogen-bond donors (Lipinski definition) is 1. The molecule has 2 fully saturated rings. The summed E-state index contributed by atoms with van der Waals surface area (Å²) in [5, 5.41) is 3.85. The van der Waals surface area contributed by atoms with Crippen LogP contribution in [0.4, 0.5) is 4.79 Å². The molecule has 0 bridgehead atoms. The summed E-state index contributed by atoms with van der Waals surface area (Å²) < 4.78 is 2.17. The lowest BCUT2D eigenvalue weighted by atomic mass is 9.94. The smallest absolute Gasteiger partial charge is 0.318 e. The van der Waals surface area contributed by atoms with Crippen LogP contribution in [0.2, 0.25) is 5.02 Å². The predicted octanol–water partition coefficient (Wildman–Crippen LogP) is 4.86. The number of carbonyl (C=O) groups excluding carboxylic acids is 2. The summed E-state index contributed by atoms with van der Waals surface area (Å²) in [7, 11) is 0. The molecule has 1 aliphatic carbocycles. The Hall–Kier alpha value is -3.43. The molecule has 0 saturated carbocycles. The summed E-state index contributed by atoms with van der Waals surface area (Å²) in [6.45, 7) is 11.7. The summed E-state index contributed by atoms with van der Waals surface area (Å²) in [4.78, 5) is 43.6. The molecule has 44 heavy (non-hydrogen) atoms. The van der Waals surface area contributed by atoms with Gasteiger partial charge in [0.1, 0.15) is 11.9 Å². The monoisotopic (exact) mass is 617 g/mol. The number of imidazole rings is 1. The van der Waals surface area contributed by atoms with Crippen LogP contribution in [0.1, 0.15) is 67.9 Å². The highest BCUT2D eigenvalue weighted by Crippen LogP contribution is 2.38. The van der Waals surface area contributed by atoms with E-state index in [4.69, 9.17) is 16.6 Å². The summed E-state index contributed by atoms with van der Waals surface area (Å²) in [5.74, 6) is 1.35. The van der Waals surface area contributed by atoms with Gasteiger partial charge >= 0.3 is 6.03 Å². The number of benzene rings is 1. The summed E-state index contributed by atoms with van der Waals surface area (Å²) in [6.07, 6.45) is 9.48. The Bertz CT molecular complexity index is 1520. The Morgan fingerprint density at radius 1 is 1.02 bits per heavy atom. The standard InChI is InChI=1S/C34H44ClN7O2/c1-23-36-14-16-39(23)20-24-7-6-15-41(21-24)32(43)29-22-40(17-18-42(29)33(44)38-34(2,3)4)31-28-12-11-27(35)19-26(28)10-9-25-8-5-13-37-30(25)31/h5,8,11-14,16,19,24,29,31H,6-7,9-10,15,17-18,20-22H2,1-4H3,(H,38,44)/t24-,29-,31?/m1/s1. The molecule has 0 radical (unpaired) electrons. The maximum Gasteiger partial charge on any atom is 0.318 e. The van der Waals surface area contributed by atoms with Gasteiger partial charge in [-0.2, -0.15) is 0 Å². The fourth-order valence-electron chi connectivity index (χ4n) is 7.14. The number of pyridine rings is 1. The molecule has 1 aromatic carbocycles. The molecule has 10 heteroatoms. The minimum atomic E-state index is -0.606. The van der Waals surface area contributed by atoms with Crippen molar-refractivity contribution in [3.8, 4) is 0 Å². The van der Waals surface area contributed by atoms with E-state index >= 15 is 0 Å². The van der Waals surface area contributed by atoms with Gasteiger partial charge < -0.3 is 19.7 Å². The number of carbonyl (C=O) groups is 2. The van der Waals surface area contributed by atoms with Crippen molar-refractivity contribution in [2.45, 2.75) is 77.5 Å². The number of piperazine rings is 1. The van der Waals surface area contributed by atoms with E-state index in [0.717, 1.165) is 48.8 Å². The first-order valence-corrected chi connectivity index (χ1v) is 16.3. The van der Waals surface area contributed by atoms with Crippen LogP contribution in [-0.2, 0) is 24.2 Å². The van der Waals surface area contributed by atoms with Crippen molar-refractivity contribution in [1.29, 1.82) is 0 Å². The van der Waals surface area contributed by atoms with Gasteiger partial charge in [-0.05, 0) is 94.2 Å². The first kappa shape index (κ1) is 30.6. The van der Waals surface area contributed by atoms with Gasteiger partial charge in [0.05, 0.1) is 11.7 Å². The first-order chi connectivity index (χ1) is 21.1. The molecule has 4 heterocycles. The largest absolute Gasteiger partial charge is 0.341 e. The number of halogens is 1. The number of amides is 3. The van der Waals surface area contributed by atoms with Gasteiger partial charge in [-0.1, -0.05) is 23.7 Å². The number of piperidine rings is 1. The molecule has 3 aliphatic rings. The molecule has 234 valence electrons. The first-order valence-electron chi connectivity index (χ1n) is 15.9. The van der Waals surface area contributed by atoms with Crippen molar-refractivity contribution in [2.75, 3.05) is 32.7 Å². The third-order valence-corrected chi connectivity index (χ3v) is 9.50. The molecule has 3 atom stereocenters. The number of nitrogens with zero attached hydrogens (tertiary/aromatic N) is 6. The lowest BCUT2D eigenvalue weighted by molar-refractivity contribution is -0.140. The van der Waals surface area contributed by atoms with Crippen LogP contribution >= 0.6 is 11.6 Å². The zero-order chi connectivity index (χ0) is 31.0. The average Bonchev–Trinajstić information content (AvgIpc) is 3.32. The van der Waals surface area contributed by atoms with E-state index in [-0.39, 0.29) is 18.0 Å². The van der Waals surface area contributed by atoms with Crippen LogP contribution in [0.25, 0.3) is 0 Å². The normalized spacial score (nSPS) is 22.6. The molecule has 0 spiro atoms. The van der Waals surface area contributed by atoms with Crippen LogP contribution in [0.5, 0.6) is 0 Å². The van der Waals surface area contributed by atoms with Gasteiger partial charge in [-0.25, -0.2) is 9.78 Å². The summed E-state index contributed by atoms with van der Waals surface area (Å²) in [5.41, 5.74) is 4.22. The van der Waals surface area contributed by atoms with Crippen molar-refractivity contribution in [3.05, 3.63) is 82.2 Å². The fourth-order valence-corrected chi connectivity index (χ4v) is 7.33. The highest BCUT2D eigenvalue weighted by Gasteiger charge is 2.43. The second-order valence-corrected chi connectivity index (χ2v) is 14.0. The number of likely N-dealkylation sites (tertiary alicyclic amines) is 1. The highest BCUT2D eigenvalue weighted by molar-refractivity contribution is 6.30. The highest BCUT2D eigenvalue weighted by atomic mass is 35.5. The molecular formula is C34H44ClN7O2. The molecule has 1 unspecified atom stereocenters. The molecule has 6 rings (SSSR count). The number of rotatable bonds is 4. The third-order valence-electron chi connectivity index (χ3n) is 9.26. The van der Waals surface area contributed by atoms with Gasteiger partial charge in [-0.15, -0.1) is 0 Å². The minimum Gasteiger partial charge on any atom is -0.341 e. The Balaban J connectivity index is 1.31. The number of aromatic nitrogens is 3. The topological polar surface area (TPSA) is 86.6 Å². The SMILES string of the molecule is Cc1nccn1C[C@H]1CCCN(C(=O)[C@H]2CN(C3c4ccc(Cl)cc4CCc4cccnc43)CCN2C(=O)NC(C)(C)C)C1. The van der Waals surface area contributed by atoms with Crippen LogP contribution in [-0.4, -0.2) is 85.5 Å². The van der Waals surface area contributed by atoms with Gasteiger partial charge in [0.25, 0.3) is 0 Å². The molecule has 2 aliphatic heterocycles. The fraction of sp³-hybridized carbons (Fsp3) is 0.529. The van der Waals surface area contributed by atoms with E-state index in [9.17, 15) is 9.59 Å². The molecule has 1 N–H and O–H groups in total. The summed E-state index contributed by atoms with van der Waals surface area (Å²) >= 11 is 6.46. The Morgan fingerprint density at radius 3 is 2.61 bits per heavy atom. The second-order valence-electron chi connectivity index (χ2n) is 13.6. The Morgan fingerprint density at radius 2 is 1.84 bits per heavy atom. The van der Waals surface area contributed by atoms with E-state index in [0.29, 0.717) is 38.6 Å². The molecule has 2 saturated heterocycles. The molecule has 3 aromatic rings. The zero-order valence-electron chi connectivity index (χ0n) is 26.3. The van der Waals surface area contributed by atoms with Crippen LogP contribution in [0, 0.1) is 12.8 Å². The maximum atomic E-state index is 14.5. The molecule has 3 amide bonds. The number of fused-ring (bicyclic) bond motifs is 2. The van der Waals surface area contributed by atoms with E-state index < -0.39 is 11.6 Å². The predicted molar refractivity (Wildman–Crippen MR) is 172 cm³/mol. The Kier molecular flexibility index (Phi) is 8.70. The maximum absolute atomic E-state index is 14.5. The van der Waals surface area contributed by atoms with Crippen molar-refractivity contribution in [2.24, 2.45) is 5.92 Å². The van der Waals surface area contributed by atoms with Gasteiger partial charge in [0.2, 0.25) is 5.91 Å². The third kappa shape index (κ3) is 6.49. The molecule has 2 aromatic heterocycles. The number of hydrogen-bond acceptors (Lipinski definition) is 5. The lowest BCUT2D eigenvalue weighted by Gasteiger charge is -2.46. The number of nitrogens with one attached hydrogen (secondary N) is 1. The van der Waals surface area contributed by atoms with Crippen molar-refractivity contribution >= 4 is 23.5 Å². The van der Waals surface area contributed by atoms with Gasteiger partial charge in [-0.3, -0.25) is 14.7 Å². The van der Waals surface area contributed by atoms with Crippen molar-refractivity contribution < 1.29 is 9.59 Å². The second kappa shape index (κ2) is 12.5. The van der Waals surface area contributed by atoms with E-state index in [1.54, 1.807) is 4.90 Å². The van der Waals surface area contributed by atoms with Crippen molar-refractivity contribution in [1.82, 2.24) is 34.6 Å². The van der Waals surface area contributed by atoms with Crippen LogP contribution < -0.4 is 5.32 Å². The van der Waals surface area contributed by atoms with Gasteiger partial charge in [0, 0.05) is 68.4 Å². The van der Waals surface area contributed by atoms with Gasteiger partial charge in [0.15, 0.2) is 0 Å². The van der Waals surface area contributed by atoms with Crippen molar-refractivity contribution in [3.63, 3.8) is 0 Å². The van der Waals surface area contributed by atoms with Crippen LogP contribution in [0.3, 0.4) is 0 Å². The van der Waals surface area contributed by atoms with E-state index in [1.807, 2.05) is 63.3 Å². The van der Waals surface area contributed by atoms with E-state index in [2.05, 4.69) is 38.0 Å². The quantitative estimate of drug-likeness (QED) is 0.452. The number of urea groups is 1. The Labute approximate surface area is 265 Å². The molecule has 9 nitrogen and oxygen atoms in total.